The fraction of sp³-hybridized carbons (Fsp3) is 0.429. The van der Waals surface area contributed by atoms with E-state index in [9.17, 15) is 20.1 Å². The zero-order valence-electron chi connectivity index (χ0n) is 16.4. The number of nitriles is 2. The molecule has 0 aliphatic carbocycles. The molecule has 0 fully saturated rings. The van der Waals surface area contributed by atoms with Crippen molar-refractivity contribution in [2.45, 2.75) is 38.9 Å². The van der Waals surface area contributed by atoms with Gasteiger partial charge in [0.1, 0.15) is 5.92 Å². The van der Waals surface area contributed by atoms with Gasteiger partial charge in [0.2, 0.25) is 11.8 Å². The summed E-state index contributed by atoms with van der Waals surface area (Å²) in [6, 6.07) is 14.0. The number of benzene rings is 1. The molecule has 146 valence electrons. The summed E-state index contributed by atoms with van der Waals surface area (Å²) in [6.45, 7) is 7.66. The number of rotatable bonds is 6. The van der Waals surface area contributed by atoms with E-state index in [1.807, 2.05) is 43.3 Å². The Kier molecular flexibility index (Phi) is 6.88. The average Bonchev–Trinajstić information content (AvgIpc) is 2.66. The van der Waals surface area contributed by atoms with Gasteiger partial charge in [0.15, 0.2) is 0 Å². The molecule has 0 radical (unpaired) electrons. The summed E-state index contributed by atoms with van der Waals surface area (Å²) in [4.78, 5) is 24.8. The molecule has 1 aliphatic rings. The third kappa shape index (κ3) is 4.55. The van der Waals surface area contributed by atoms with Crippen molar-refractivity contribution in [2.24, 2.45) is 11.3 Å². The maximum absolute atomic E-state index is 12.5. The lowest BCUT2D eigenvalue weighted by Crippen LogP contribution is -2.45. The highest BCUT2D eigenvalue weighted by Crippen LogP contribution is 2.42. The minimum Gasteiger partial charge on any atom is -0.355 e. The number of carbonyl (C=O) groups is 2. The van der Waals surface area contributed by atoms with Gasteiger partial charge in [-0.1, -0.05) is 62.9 Å². The molecular weight excluding hydrogens is 372 g/mol. The smallest absolute Gasteiger partial charge is 0.243 e. The van der Waals surface area contributed by atoms with Gasteiger partial charge in [-0.05, 0) is 18.4 Å². The third-order valence-corrected chi connectivity index (χ3v) is 6.06. The van der Waals surface area contributed by atoms with Gasteiger partial charge in [-0.2, -0.15) is 10.5 Å². The topological polar surface area (TPSA) is 106 Å². The lowest BCUT2D eigenvalue weighted by Gasteiger charge is -2.35. The molecule has 0 bridgehead atoms. The van der Waals surface area contributed by atoms with Crippen molar-refractivity contribution < 1.29 is 9.59 Å². The number of carbonyl (C=O) groups excluding carboxylic acids is 2. The van der Waals surface area contributed by atoms with E-state index >= 15 is 0 Å². The summed E-state index contributed by atoms with van der Waals surface area (Å²) in [6.07, 6.45) is 0. The molecule has 0 unspecified atom stereocenters. The van der Waals surface area contributed by atoms with Gasteiger partial charge < -0.3 is 10.6 Å². The van der Waals surface area contributed by atoms with E-state index in [1.54, 1.807) is 20.8 Å². The molecule has 0 spiro atoms. The predicted molar refractivity (Wildman–Crippen MR) is 109 cm³/mol. The standard InChI is InChI=1S/C21H24N4O2S/c1-13(15-8-6-5-7-9-15)12-24-18(26)14(2)28-20-17(11-23)21(3,4)16(10-22)19(27)25-20/h5-9,13-14,16H,12H2,1-4H3,(H,24,26)(H,25,27)/t13-,14-,16-/m0/s1. The molecule has 2 rings (SSSR count). The van der Waals surface area contributed by atoms with Crippen molar-refractivity contribution in [3.05, 3.63) is 46.5 Å². The second-order valence-electron chi connectivity index (χ2n) is 7.41. The van der Waals surface area contributed by atoms with Crippen molar-refractivity contribution in [1.82, 2.24) is 10.6 Å². The first kappa shape index (κ1) is 21.5. The van der Waals surface area contributed by atoms with Gasteiger partial charge in [-0.25, -0.2) is 0 Å². The Labute approximate surface area is 170 Å². The van der Waals surface area contributed by atoms with E-state index < -0.39 is 22.5 Å². The van der Waals surface area contributed by atoms with Crippen LogP contribution in [0.2, 0.25) is 0 Å². The van der Waals surface area contributed by atoms with Crippen LogP contribution in [-0.2, 0) is 9.59 Å². The monoisotopic (exact) mass is 396 g/mol. The molecule has 2 N–H and O–H groups in total. The van der Waals surface area contributed by atoms with E-state index in [4.69, 9.17) is 0 Å². The van der Waals surface area contributed by atoms with Gasteiger partial charge in [0.05, 0.1) is 28.0 Å². The molecule has 0 saturated heterocycles. The second kappa shape index (κ2) is 8.95. The number of nitrogens with one attached hydrogen (secondary N) is 2. The summed E-state index contributed by atoms with van der Waals surface area (Å²) in [5.74, 6) is -1.39. The van der Waals surface area contributed by atoms with E-state index in [0.717, 1.165) is 17.3 Å². The van der Waals surface area contributed by atoms with Crippen molar-refractivity contribution in [2.75, 3.05) is 6.54 Å². The SMILES string of the molecule is C[C@H](SC1=C(C#N)C(C)(C)[C@@H](C#N)C(=O)N1)C(=O)NC[C@H](C)c1ccccc1. The first-order valence-corrected chi connectivity index (χ1v) is 9.95. The van der Waals surface area contributed by atoms with Gasteiger partial charge in [0.25, 0.3) is 0 Å². The molecule has 2 amide bonds. The van der Waals surface area contributed by atoms with E-state index in [-0.39, 0.29) is 11.8 Å². The highest BCUT2D eigenvalue weighted by Gasteiger charge is 2.45. The molecule has 1 aliphatic heterocycles. The summed E-state index contributed by atoms with van der Waals surface area (Å²) in [5.41, 5.74) is 0.550. The number of hydrogen-bond donors (Lipinski definition) is 2. The molecule has 0 aromatic heterocycles. The first-order valence-electron chi connectivity index (χ1n) is 9.07. The first-order chi connectivity index (χ1) is 13.2. The van der Waals surface area contributed by atoms with Crippen LogP contribution in [0.4, 0.5) is 0 Å². The zero-order valence-corrected chi connectivity index (χ0v) is 17.3. The fourth-order valence-corrected chi connectivity index (χ4v) is 4.17. The van der Waals surface area contributed by atoms with Crippen molar-refractivity contribution in [3.8, 4) is 12.1 Å². The third-order valence-electron chi connectivity index (χ3n) is 4.95. The van der Waals surface area contributed by atoms with E-state index in [1.165, 1.54) is 0 Å². The Hall–Kier alpha value is -2.77. The van der Waals surface area contributed by atoms with Crippen LogP contribution < -0.4 is 10.6 Å². The van der Waals surface area contributed by atoms with Crippen molar-refractivity contribution in [3.63, 3.8) is 0 Å². The summed E-state index contributed by atoms with van der Waals surface area (Å²) >= 11 is 1.13. The molecule has 1 aromatic carbocycles. The predicted octanol–water partition coefficient (Wildman–Crippen LogP) is 3.06. The Balaban J connectivity index is 2.06. The van der Waals surface area contributed by atoms with Gasteiger partial charge in [0, 0.05) is 12.0 Å². The molecule has 28 heavy (non-hydrogen) atoms. The van der Waals surface area contributed by atoms with E-state index in [0.29, 0.717) is 17.1 Å². The summed E-state index contributed by atoms with van der Waals surface area (Å²) in [7, 11) is 0. The van der Waals surface area contributed by atoms with Crippen LogP contribution in [0.3, 0.4) is 0 Å². The summed E-state index contributed by atoms with van der Waals surface area (Å²) < 4.78 is 0. The average molecular weight is 397 g/mol. The van der Waals surface area contributed by atoms with Gasteiger partial charge in [-0.3, -0.25) is 9.59 Å². The van der Waals surface area contributed by atoms with Crippen LogP contribution in [0.15, 0.2) is 40.9 Å². The van der Waals surface area contributed by atoms with Crippen LogP contribution in [-0.4, -0.2) is 23.6 Å². The number of allylic oxidation sites excluding steroid dienone is 1. The highest BCUT2D eigenvalue weighted by atomic mass is 32.2. The Morgan fingerprint density at radius 2 is 1.93 bits per heavy atom. The number of hydrogen-bond acceptors (Lipinski definition) is 5. The molecule has 6 nitrogen and oxygen atoms in total. The van der Waals surface area contributed by atoms with Crippen LogP contribution in [0, 0.1) is 34.0 Å². The molecular formula is C21H24N4O2S. The van der Waals surface area contributed by atoms with E-state index in [2.05, 4.69) is 16.7 Å². The molecule has 3 atom stereocenters. The number of nitrogens with zero attached hydrogens (tertiary/aromatic N) is 2. The lowest BCUT2D eigenvalue weighted by molar-refractivity contribution is -0.125. The number of thioether (sulfide) groups is 1. The highest BCUT2D eigenvalue weighted by molar-refractivity contribution is 8.04. The largest absolute Gasteiger partial charge is 0.355 e. The molecule has 7 heteroatoms. The summed E-state index contributed by atoms with van der Waals surface area (Å²) in [5, 5.41) is 24.2. The minimum absolute atomic E-state index is 0.168. The van der Waals surface area contributed by atoms with Crippen LogP contribution in [0.1, 0.15) is 39.2 Å². The number of amides is 2. The fourth-order valence-electron chi connectivity index (χ4n) is 3.04. The Morgan fingerprint density at radius 3 is 2.50 bits per heavy atom. The maximum Gasteiger partial charge on any atom is 0.243 e. The minimum atomic E-state index is -0.942. The second-order valence-corrected chi connectivity index (χ2v) is 8.76. The van der Waals surface area contributed by atoms with Crippen molar-refractivity contribution >= 4 is 23.6 Å². The quantitative estimate of drug-likeness (QED) is 0.769. The molecule has 0 saturated carbocycles. The van der Waals surface area contributed by atoms with Crippen molar-refractivity contribution in [1.29, 1.82) is 10.5 Å². The van der Waals surface area contributed by atoms with Gasteiger partial charge >= 0.3 is 0 Å². The van der Waals surface area contributed by atoms with Crippen LogP contribution in [0.25, 0.3) is 0 Å². The normalized spacial score (nSPS) is 20.4. The maximum atomic E-state index is 12.5. The molecule has 1 aromatic rings. The van der Waals surface area contributed by atoms with Crippen LogP contribution in [0.5, 0.6) is 0 Å². The van der Waals surface area contributed by atoms with Crippen LogP contribution >= 0.6 is 11.8 Å². The lowest BCUT2D eigenvalue weighted by atomic mass is 9.72. The Bertz CT molecular complexity index is 865. The Morgan fingerprint density at radius 1 is 1.29 bits per heavy atom. The molecule has 1 heterocycles. The zero-order chi connectivity index (χ0) is 20.9. The van der Waals surface area contributed by atoms with Gasteiger partial charge in [-0.15, -0.1) is 0 Å².